The van der Waals surface area contributed by atoms with Crippen molar-refractivity contribution in [1.82, 2.24) is 14.1 Å². The summed E-state index contributed by atoms with van der Waals surface area (Å²) in [6.45, 7) is 0.00502. The standard InChI is InChI=1S/C14H13N3O/c18-11-12-9-13(16-5-1-2-6-16)15-14(10-12)17-7-3-4-8-17/h1-10,18H,11H2. The highest BCUT2D eigenvalue weighted by Crippen LogP contribution is 2.14. The lowest BCUT2D eigenvalue weighted by molar-refractivity contribution is 0.281. The van der Waals surface area contributed by atoms with E-state index in [1.54, 1.807) is 0 Å². The number of aliphatic hydroxyl groups excluding tert-OH is 1. The first kappa shape index (κ1) is 10.8. The van der Waals surface area contributed by atoms with E-state index in [0.29, 0.717) is 0 Å². The maximum atomic E-state index is 9.34. The van der Waals surface area contributed by atoms with Crippen LogP contribution in [-0.2, 0) is 6.61 Å². The van der Waals surface area contributed by atoms with E-state index in [1.165, 1.54) is 0 Å². The number of pyridine rings is 1. The van der Waals surface area contributed by atoms with E-state index in [-0.39, 0.29) is 6.61 Å². The number of hydrogen-bond donors (Lipinski definition) is 1. The van der Waals surface area contributed by atoms with Gasteiger partial charge >= 0.3 is 0 Å². The molecule has 90 valence electrons. The van der Waals surface area contributed by atoms with Crippen LogP contribution in [0, 0.1) is 0 Å². The Kier molecular flexibility index (Phi) is 2.70. The lowest BCUT2D eigenvalue weighted by Gasteiger charge is -2.09. The maximum Gasteiger partial charge on any atom is 0.139 e. The molecule has 0 aliphatic rings. The van der Waals surface area contributed by atoms with Crippen molar-refractivity contribution in [2.24, 2.45) is 0 Å². The Balaban J connectivity index is 2.13. The highest BCUT2D eigenvalue weighted by Gasteiger charge is 2.04. The molecule has 0 aromatic carbocycles. The van der Waals surface area contributed by atoms with Crippen LogP contribution in [0.15, 0.2) is 61.2 Å². The third kappa shape index (κ3) is 1.94. The molecule has 0 bridgehead atoms. The smallest absolute Gasteiger partial charge is 0.139 e. The lowest BCUT2D eigenvalue weighted by Crippen LogP contribution is -2.02. The van der Waals surface area contributed by atoms with Crippen molar-refractivity contribution in [3.63, 3.8) is 0 Å². The molecule has 1 N–H and O–H groups in total. The molecule has 18 heavy (non-hydrogen) atoms. The van der Waals surface area contributed by atoms with Crippen LogP contribution >= 0.6 is 0 Å². The first-order valence-electron chi connectivity index (χ1n) is 5.75. The SMILES string of the molecule is OCc1cc(-n2cccc2)nc(-n2cccc2)c1. The second-order valence-electron chi connectivity index (χ2n) is 4.03. The summed E-state index contributed by atoms with van der Waals surface area (Å²) in [5.41, 5.74) is 0.845. The third-order valence-corrected chi connectivity index (χ3v) is 2.78. The largest absolute Gasteiger partial charge is 0.392 e. The van der Waals surface area contributed by atoms with Crippen LogP contribution in [0.25, 0.3) is 11.6 Å². The summed E-state index contributed by atoms with van der Waals surface area (Å²) in [6, 6.07) is 11.6. The Bertz CT molecular complexity index is 575. The zero-order chi connectivity index (χ0) is 12.4. The van der Waals surface area contributed by atoms with Crippen LogP contribution in [0.2, 0.25) is 0 Å². The van der Waals surface area contributed by atoms with Gasteiger partial charge in [-0.05, 0) is 42.0 Å². The van der Waals surface area contributed by atoms with Crippen molar-refractivity contribution >= 4 is 0 Å². The topological polar surface area (TPSA) is 43.0 Å². The minimum absolute atomic E-state index is 0.00502. The van der Waals surface area contributed by atoms with Gasteiger partial charge in [0.2, 0.25) is 0 Å². The lowest BCUT2D eigenvalue weighted by atomic mass is 10.2. The molecule has 0 atom stereocenters. The first-order valence-corrected chi connectivity index (χ1v) is 5.75. The molecule has 0 fully saturated rings. The third-order valence-electron chi connectivity index (χ3n) is 2.78. The Hall–Kier alpha value is -2.33. The number of aliphatic hydroxyl groups is 1. The summed E-state index contributed by atoms with van der Waals surface area (Å²) in [6.07, 6.45) is 7.73. The van der Waals surface area contributed by atoms with Gasteiger partial charge in [0.15, 0.2) is 0 Å². The van der Waals surface area contributed by atoms with Gasteiger partial charge in [-0.3, -0.25) is 0 Å². The van der Waals surface area contributed by atoms with Gasteiger partial charge in [0, 0.05) is 24.8 Å². The normalized spacial score (nSPS) is 10.7. The monoisotopic (exact) mass is 239 g/mol. The van der Waals surface area contributed by atoms with Gasteiger partial charge in [-0.2, -0.15) is 0 Å². The van der Waals surface area contributed by atoms with Crippen LogP contribution in [0.1, 0.15) is 5.56 Å². The van der Waals surface area contributed by atoms with Gasteiger partial charge in [0.25, 0.3) is 0 Å². The summed E-state index contributed by atoms with van der Waals surface area (Å²) in [7, 11) is 0. The fourth-order valence-corrected chi connectivity index (χ4v) is 1.89. The maximum absolute atomic E-state index is 9.34. The fourth-order valence-electron chi connectivity index (χ4n) is 1.89. The molecular weight excluding hydrogens is 226 g/mol. The molecule has 3 heterocycles. The number of rotatable bonds is 3. The summed E-state index contributed by atoms with van der Waals surface area (Å²) < 4.78 is 3.85. The van der Waals surface area contributed by atoms with Crippen molar-refractivity contribution in [2.75, 3.05) is 0 Å². The number of aromatic nitrogens is 3. The second-order valence-corrected chi connectivity index (χ2v) is 4.03. The molecule has 0 amide bonds. The molecule has 3 aromatic heterocycles. The summed E-state index contributed by atoms with van der Waals surface area (Å²) in [5, 5.41) is 9.34. The van der Waals surface area contributed by atoms with Gasteiger partial charge in [-0.1, -0.05) is 0 Å². The molecule has 3 aromatic rings. The Morgan fingerprint density at radius 2 is 1.28 bits per heavy atom. The van der Waals surface area contributed by atoms with Crippen LogP contribution in [0.4, 0.5) is 0 Å². The van der Waals surface area contributed by atoms with E-state index in [2.05, 4.69) is 4.98 Å². The number of nitrogens with zero attached hydrogens (tertiary/aromatic N) is 3. The van der Waals surface area contributed by atoms with Gasteiger partial charge in [-0.25, -0.2) is 4.98 Å². The Morgan fingerprint density at radius 1 is 0.833 bits per heavy atom. The predicted molar refractivity (Wildman–Crippen MR) is 68.8 cm³/mol. The molecule has 0 saturated carbocycles. The van der Waals surface area contributed by atoms with Gasteiger partial charge in [0.05, 0.1) is 6.61 Å². The van der Waals surface area contributed by atoms with E-state index in [9.17, 15) is 5.11 Å². The highest BCUT2D eigenvalue weighted by molar-refractivity contribution is 5.38. The van der Waals surface area contributed by atoms with Crippen LogP contribution in [0.5, 0.6) is 0 Å². The van der Waals surface area contributed by atoms with Gasteiger partial charge < -0.3 is 14.2 Å². The molecule has 0 radical (unpaired) electrons. The average Bonchev–Trinajstić information content (AvgIpc) is 3.10. The minimum Gasteiger partial charge on any atom is -0.392 e. The van der Waals surface area contributed by atoms with E-state index < -0.39 is 0 Å². The van der Waals surface area contributed by atoms with E-state index in [0.717, 1.165) is 17.2 Å². The van der Waals surface area contributed by atoms with Crippen molar-refractivity contribution < 1.29 is 5.11 Å². The average molecular weight is 239 g/mol. The molecule has 0 spiro atoms. The first-order chi connectivity index (χ1) is 8.86. The highest BCUT2D eigenvalue weighted by atomic mass is 16.3. The predicted octanol–water partition coefficient (Wildman–Crippen LogP) is 2.16. The molecule has 0 unspecified atom stereocenters. The zero-order valence-corrected chi connectivity index (χ0v) is 9.77. The molecule has 0 aliphatic heterocycles. The molecule has 4 nitrogen and oxygen atoms in total. The van der Waals surface area contributed by atoms with Crippen molar-refractivity contribution in [3.05, 3.63) is 66.7 Å². The zero-order valence-electron chi connectivity index (χ0n) is 9.77. The molecule has 0 aliphatic carbocycles. The second kappa shape index (κ2) is 4.50. The van der Waals surface area contributed by atoms with E-state index in [4.69, 9.17) is 0 Å². The van der Waals surface area contributed by atoms with Gasteiger partial charge in [0.1, 0.15) is 11.6 Å². The summed E-state index contributed by atoms with van der Waals surface area (Å²) in [5.74, 6) is 1.60. The number of hydrogen-bond acceptors (Lipinski definition) is 2. The van der Waals surface area contributed by atoms with Crippen LogP contribution in [-0.4, -0.2) is 19.2 Å². The fraction of sp³-hybridized carbons (Fsp3) is 0.0714. The summed E-state index contributed by atoms with van der Waals surface area (Å²) >= 11 is 0. The van der Waals surface area contributed by atoms with Crippen LogP contribution in [0.3, 0.4) is 0 Å². The summed E-state index contributed by atoms with van der Waals surface area (Å²) in [4.78, 5) is 4.58. The Labute approximate surface area is 105 Å². The van der Waals surface area contributed by atoms with Gasteiger partial charge in [-0.15, -0.1) is 0 Å². The van der Waals surface area contributed by atoms with E-state index in [1.807, 2.05) is 70.3 Å². The molecule has 4 heteroatoms. The molecule has 0 saturated heterocycles. The van der Waals surface area contributed by atoms with Crippen molar-refractivity contribution in [3.8, 4) is 11.6 Å². The van der Waals surface area contributed by atoms with Crippen molar-refractivity contribution in [2.45, 2.75) is 6.61 Å². The van der Waals surface area contributed by atoms with E-state index >= 15 is 0 Å². The molecule has 3 rings (SSSR count). The minimum atomic E-state index is 0.00502. The molecular formula is C14H13N3O. The van der Waals surface area contributed by atoms with Crippen molar-refractivity contribution in [1.29, 1.82) is 0 Å². The Morgan fingerprint density at radius 3 is 1.67 bits per heavy atom. The van der Waals surface area contributed by atoms with Crippen LogP contribution < -0.4 is 0 Å². The quantitative estimate of drug-likeness (QED) is 0.761.